The maximum Gasteiger partial charge on any atom is 0.127 e. The van der Waals surface area contributed by atoms with Crippen molar-refractivity contribution in [2.45, 2.75) is 19.2 Å². The molecule has 0 saturated heterocycles. The van der Waals surface area contributed by atoms with Crippen molar-refractivity contribution in [2.24, 2.45) is 0 Å². The van der Waals surface area contributed by atoms with Gasteiger partial charge in [0, 0.05) is 10.0 Å². The van der Waals surface area contributed by atoms with Crippen LogP contribution in [0.4, 0.5) is 0 Å². The Morgan fingerprint density at radius 3 is 2.48 bits per heavy atom. The lowest BCUT2D eigenvalue weighted by Crippen LogP contribution is -2.03. The molecule has 0 fully saturated rings. The summed E-state index contributed by atoms with van der Waals surface area (Å²) in [7, 11) is 1.64. The Bertz CT molecular complexity index is 686. The van der Waals surface area contributed by atoms with Crippen LogP contribution < -0.4 is 4.74 Å². The number of benzene rings is 2. The van der Waals surface area contributed by atoms with E-state index in [0.29, 0.717) is 10.0 Å². The summed E-state index contributed by atoms with van der Waals surface area (Å²) in [6.07, 6.45) is 0. The molecule has 2 aromatic carbocycles. The van der Waals surface area contributed by atoms with Gasteiger partial charge in [-0.1, -0.05) is 51.3 Å². The maximum absolute atomic E-state index is 6.70. The second-order valence-electron chi connectivity index (χ2n) is 4.75. The molecular formula is C16H14BrCl3O. The minimum Gasteiger partial charge on any atom is -0.496 e. The molecule has 2 rings (SSSR count). The summed E-state index contributed by atoms with van der Waals surface area (Å²) in [5.74, 6) is 0.770. The zero-order valence-electron chi connectivity index (χ0n) is 11.8. The van der Waals surface area contributed by atoms with Gasteiger partial charge in [-0.25, -0.2) is 0 Å². The van der Waals surface area contributed by atoms with E-state index < -0.39 is 5.38 Å². The first-order chi connectivity index (χ1) is 9.88. The van der Waals surface area contributed by atoms with E-state index in [0.717, 1.165) is 32.5 Å². The SMILES string of the molecule is COc1c(C)cc(Br)c(C)c1C(Cl)c1cccc(Cl)c1Cl. The Kier molecular flexibility index (Phi) is 5.48. The van der Waals surface area contributed by atoms with Gasteiger partial charge in [0.15, 0.2) is 0 Å². The molecule has 0 radical (unpaired) electrons. The van der Waals surface area contributed by atoms with Crippen molar-refractivity contribution in [3.8, 4) is 5.75 Å². The highest BCUT2D eigenvalue weighted by Crippen LogP contribution is 2.44. The molecule has 5 heteroatoms. The van der Waals surface area contributed by atoms with E-state index in [1.165, 1.54) is 0 Å². The van der Waals surface area contributed by atoms with Crippen LogP contribution in [-0.4, -0.2) is 7.11 Å². The fraction of sp³-hybridized carbons (Fsp3) is 0.250. The van der Waals surface area contributed by atoms with Crippen LogP contribution in [0.5, 0.6) is 5.75 Å². The molecule has 0 aliphatic rings. The number of halogens is 4. The lowest BCUT2D eigenvalue weighted by atomic mass is 9.96. The molecule has 0 bridgehead atoms. The van der Waals surface area contributed by atoms with Crippen molar-refractivity contribution in [1.82, 2.24) is 0 Å². The third-order valence-corrected chi connectivity index (χ3v) is 5.53. The Balaban J connectivity index is 2.68. The fourth-order valence-electron chi connectivity index (χ4n) is 2.32. The quantitative estimate of drug-likeness (QED) is 0.513. The smallest absolute Gasteiger partial charge is 0.127 e. The van der Waals surface area contributed by atoms with Crippen LogP contribution in [0, 0.1) is 13.8 Å². The minimum absolute atomic E-state index is 0.442. The van der Waals surface area contributed by atoms with Crippen molar-refractivity contribution >= 4 is 50.7 Å². The van der Waals surface area contributed by atoms with Gasteiger partial charge in [0.2, 0.25) is 0 Å². The molecule has 0 spiro atoms. The van der Waals surface area contributed by atoms with Crippen LogP contribution in [0.1, 0.15) is 27.6 Å². The molecular weight excluding hydrogens is 394 g/mol. The predicted molar refractivity (Wildman–Crippen MR) is 94.3 cm³/mol. The Hall–Kier alpha value is -0.410. The van der Waals surface area contributed by atoms with Gasteiger partial charge in [-0.2, -0.15) is 0 Å². The largest absolute Gasteiger partial charge is 0.496 e. The normalized spacial score (nSPS) is 12.3. The number of rotatable bonds is 3. The molecule has 0 aromatic heterocycles. The van der Waals surface area contributed by atoms with Crippen LogP contribution in [0.2, 0.25) is 10.0 Å². The molecule has 0 amide bonds. The number of ether oxygens (including phenoxy) is 1. The molecule has 1 nitrogen and oxygen atoms in total. The van der Waals surface area contributed by atoms with E-state index in [9.17, 15) is 0 Å². The number of aryl methyl sites for hydroxylation is 1. The van der Waals surface area contributed by atoms with Gasteiger partial charge in [-0.05, 0) is 42.7 Å². The summed E-state index contributed by atoms with van der Waals surface area (Å²) >= 11 is 22.6. The fourth-order valence-corrected chi connectivity index (χ4v) is 3.80. The van der Waals surface area contributed by atoms with Crippen LogP contribution in [-0.2, 0) is 0 Å². The Morgan fingerprint density at radius 2 is 1.86 bits per heavy atom. The molecule has 0 aliphatic heterocycles. The second-order valence-corrected chi connectivity index (χ2v) is 6.83. The zero-order valence-corrected chi connectivity index (χ0v) is 15.7. The van der Waals surface area contributed by atoms with Gasteiger partial charge in [-0.3, -0.25) is 0 Å². The highest BCUT2D eigenvalue weighted by atomic mass is 79.9. The Labute approximate surface area is 148 Å². The van der Waals surface area contributed by atoms with Gasteiger partial charge in [-0.15, -0.1) is 11.6 Å². The number of hydrogen-bond acceptors (Lipinski definition) is 1. The first-order valence-corrected chi connectivity index (χ1v) is 8.28. The second kappa shape index (κ2) is 6.78. The van der Waals surface area contributed by atoms with Crippen LogP contribution in [0.15, 0.2) is 28.7 Å². The molecule has 0 aliphatic carbocycles. The summed E-state index contributed by atoms with van der Waals surface area (Å²) in [4.78, 5) is 0. The van der Waals surface area contributed by atoms with Gasteiger partial charge >= 0.3 is 0 Å². The summed E-state index contributed by atoms with van der Waals surface area (Å²) in [5, 5.41) is 0.517. The Morgan fingerprint density at radius 1 is 1.19 bits per heavy atom. The van der Waals surface area contributed by atoms with E-state index >= 15 is 0 Å². The van der Waals surface area contributed by atoms with E-state index in [2.05, 4.69) is 15.9 Å². The number of alkyl halides is 1. The number of methoxy groups -OCH3 is 1. The predicted octanol–water partition coefficient (Wildman–Crippen LogP) is 6.71. The van der Waals surface area contributed by atoms with E-state index in [4.69, 9.17) is 39.5 Å². The molecule has 2 aromatic rings. The zero-order chi connectivity index (χ0) is 15.7. The molecule has 0 N–H and O–H groups in total. The molecule has 1 unspecified atom stereocenters. The molecule has 112 valence electrons. The summed E-state index contributed by atoms with van der Waals surface area (Å²) in [6, 6.07) is 7.47. The lowest BCUT2D eigenvalue weighted by molar-refractivity contribution is 0.406. The standard InChI is InChI=1S/C16H14BrCl3O/c1-8-7-11(17)9(2)13(16(8)21-3)15(20)10-5-4-6-12(18)14(10)19/h4-7,15H,1-3H3. The molecule has 21 heavy (non-hydrogen) atoms. The monoisotopic (exact) mass is 406 g/mol. The number of hydrogen-bond donors (Lipinski definition) is 0. The van der Waals surface area contributed by atoms with Crippen molar-refractivity contribution in [3.63, 3.8) is 0 Å². The lowest BCUT2D eigenvalue weighted by Gasteiger charge is -2.21. The highest BCUT2D eigenvalue weighted by molar-refractivity contribution is 9.10. The third kappa shape index (κ3) is 3.19. The van der Waals surface area contributed by atoms with Gasteiger partial charge in [0.1, 0.15) is 5.75 Å². The van der Waals surface area contributed by atoms with Crippen LogP contribution >= 0.6 is 50.7 Å². The topological polar surface area (TPSA) is 9.23 Å². The van der Waals surface area contributed by atoms with Crippen LogP contribution in [0.25, 0.3) is 0 Å². The highest BCUT2D eigenvalue weighted by Gasteiger charge is 2.24. The maximum atomic E-state index is 6.70. The third-order valence-electron chi connectivity index (χ3n) is 3.42. The molecule has 1 atom stereocenters. The van der Waals surface area contributed by atoms with Gasteiger partial charge < -0.3 is 4.74 Å². The van der Waals surface area contributed by atoms with E-state index in [1.807, 2.05) is 32.0 Å². The van der Waals surface area contributed by atoms with Crippen LogP contribution in [0.3, 0.4) is 0 Å². The van der Waals surface area contributed by atoms with Crippen molar-refractivity contribution < 1.29 is 4.74 Å². The average molecular weight is 409 g/mol. The first kappa shape index (κ1) is 17.0. The van der Waals surface area contributed by atoms with Crippen molar-refractivity contribution in [1.29, 1.82) is 0 Å². The van der Waals surface area contributed by atoms with Crippen molar-refractivity contribution in [2.75, 3.05) is 7.11 Å². The van der Waals surface area contributed by atoms with Crippen molar-refractivity contribution in [3.05, 3.63) is 61.0 Å². The van der Waals surface area contributed by atoms with E-state index in [-0.39, 0.29) is 0 Å². The summed E-state index contributed by atoms with van der Waals surface area (Å²) in [6.45, 7) is 3.98. The molecule has 0 saturated carbocycles. The minimum atomic E-state index is -0.442. The summed E-state index contributed by atoms with van der Waals surface area (Å²) in [5.41, 5.74) is 3.70. The van der Waals surface area contributed by atoms with Gasteiger partial charge in [0.05, 0.1) is 22.5 Å². The van der Waals surface area contributed by atoms with E-state index in [1.54, 1.807) is 13.2 Å². The first-order valence-electron chi connectivity index (χ1n) is 6.30. The average Bonchev–Trinajstić information content (AvgIpc) is 2.44. The van der Waals surface area contributed by atoms with Gasteiger partial charge in [0.25, 0.3) is 0 Å². The summed E-state index contributed by atoms with van der Waals surface area (Å²) < 4.78 is 6.53. The molecule has 0 heterocycles.